The highest BCUT2D eigenvalue weighted by Gasteiger charge is 2.30. The Balaban J connectivity index is 1.94. The number of aliphatic hydroxyl groups excluding tert-OH is 1. The summed E-state index contributed by atoms with van der Waals surface area (Å²) in [5.41, 5.74) is 2.26. The number of hydrogen-bond acceptors (Lipinski definition) is 4. The van der Waals surface area contributed by atoms with E-state index in [9.17, 15) is 5.11 Å². The molecule has 0 radical (unpaired) electrons. The fourth-order valence-corrected chi connectivity index (χ4v) is 3.51. The van der Waals surface area contributed by atoms with Gasteiger partial charge in [-0.2, -0.15) is 0 Å². The lowest BCUT2D eigenvalue weighted by Crippen LogP contribution is -2.18. The number of rotatable bonds is 2. The van der Waals surface area contributed by atoms with Crippen molar-refractivity contribution in [2.75, 3.05) is 0 Å². The summed E-state index contributed by atoms with van der Waals surface area (Å²) in [4.78, 5) is 8.61. The molecule has 2 atom stereocenters. The number of aromatic nitrogens is 2. The van der Waals surface area contributed by atoms with E-state index in [0.717, 1.165) is 25.0 Å². The minimum atomic E-state index is -0.601. The largest absolute Gasteiger partial charge is 0.385 e. The minimum absolute atomic E-state index is 0.0390. The standard InChI is InChI=1S/C13H13ClN2OS/c14-10-7-16-13(18-10)12(17)9-5-1-3-8-4-2-6-15-11(8)9/h2,4,6-7,9,12,17H,1,3,5H2. The number of pyridine rings is 1. The molecule has 2 unspecified atom stereocenters. The van der Waals surface area contributed by atoms with Gasteiger partial charge in [-0.3, -0.25) is 4.98 Å². The highest BCUT2D eigenvalue weighted by atomic mass is 35.5. The molecule has 2 aromatic rings. The van der Waals surface area contributed by atoms with Gasteiger partial charge in [0.15, 0.2) is 0 Å². The van der Waals surface area contributed by atoms with Crippen LogP contribution in [0.1, 0.15) is 41.1 Å². The van der Waals surface area contributed by atoms with Crippen LogP contribution in [0.4, 0.5) is 0 Å². The normalized spacial score (nSPS) is 20.4. The molecule has 18 heavy (non-hydrogen) atoms. The Labute approximate surface area is 114 Å². The quantitative estimate of drug-likeness (QED) is 0.918. The summed E-state index contributed by atoms with van der Waals surface area (Å²) in [5, 5.41) is 11.1. The Kier molecular flexibility index (Phi) is 3.33. The van der Waals surface area contributed by atoms with Crippen LogP contribution in [0.5, 0.6) is 0 Å². The molecule has 0 bridgehead atoms. The van der Waals surface area contributed by atoms with Crippen LogP contribution in [0.25, 0.3) is 0 Å². The van der Waals surface area contributed by atoms with Gasteiger partial charge in [-0.15, -0.1) is 11.3 Å². The van der Waals surface area contributed by atoms with Gasteiger partial charge < -0.3 is 5.11 Å². The van der Waals surface area contributed by atoms with Gasteiger partial charge in [-0.1, -0.05) is 17.7 Å². The molecule has 1 N–H and O–H groups in total. The van der Waals surface area contributed by atoms with Crippen LogP contribution in [0.3, 0.4) is 0 Å². The van der Waals surface area contributed by atoms with Gasteiger partial charge in [0.25, 0.3) is 0 Å². The summed E-state index contributed by atoms with van der Waals surface area (Å²) >= 11 is 7.21. The summed E-state index contributed by atoms with van der Waals surface area (Å²) in [7, 11) is 0. The molecular formula is C13H13ClN2OS. The van der Waals surface area contributed by atoms with Gasteiger partial charge in [-0.05, 0) is 30.9 Å². The van der Waals surface area contributed by atoms with Gasteiger partial charge in [-0.25, -0.2) is 4.98 Å². The Bertz CT molecular complexity index is 557. The molecule has 5 heteroatoms. The number of aliphatic hydroxyl groups is 1. The van der Waals surface area contributed by atoms with E-state index >= 15 is 0 Å². The summed E-state index contributed by atoms with van der Waals surface area (Å²) in [6.07, 6.45) is 5.86. The highest BCUT2D eigenvalue weighted by molar-refractivity contribution is 7.15. The van der Waals surface area contributed by atoms with E-state index in [1.54, 1.807) is 12.4 Å². The molecule has 0 saturated heterocycles. The third-order valence-electron chi connectivity index (χ3n) is 3.37. The Hall–Kier alpha value is -0.970. The van der Waals surface area contributed by atoms with Crippen molar-refractivity contribution >= 4 is 22.9 Å². The van der Waals surface area contributed by atoms with Crippen molar-refractivity contribution in [3.63, 3.8) is 0 Å². The maximum absolute atomic E-state index is 10.5. The lowest BCUT2D eigenvalue weighted by Gasteiger charge is -2.27. The van der Waals surface area contributed by atoms with E-state index in [1.165, 1.54) is 16.9 Å². The van der Waals surface area contributed by atoms with Gasteiger partial charge in [0, 0.05) is 17.8 Å². The van der Waals surface area contributed by atoms with Gasteiger partial charge in [0.2, 0.25) is 0 Å². The van der Waals surface area contributed by atoms with Crippen LogP contribution in [0.2, 0.25) is 4.34 Å². The molecule has 0 saturated carbocycles. The zero-order valence-electron chi connectivity index (χ0n) is 9.71. The Morgan fingerprint density at radius 2 is 2.33 bits per heavy atom. The van der Waals surface area contributed by atoms with E-state index in [0.29, 0.717) is 9.34 Å². The Morgan fingerprint density at radius 3 is 3.11 bits per heavy atom. The number of nitrogens with zero attached hydrogens (tertiary/aromatic N) is 2. The van der Waals surface area contributed by atoms with E-state index in [1.807, 2.05) is 6.07 Å². The average molecular weight is 281 g/mol. The summed E-state index contributed by atoms with van der Waals surface area (Å²) in [6.45, 7) is 0. The first-order valence-electron chi connectivity index (χ1n) is 5.99. The predicted octanol–water partition coefficient (Wildman–Crippen LogP) is 3.35. The number of thiazole rings is 1. The SMILES string of the molecule is OC(c1ncc(Cl)s1)C1CCCc2cccnc21. The van der Waals surface area contributed by atoms with E-state index in [4.69, 9.17) is 11.6 Å². The van der Waals surface area contributed by atoms with E-state index < -0.39 is 6.10 Å². The first kappa shape index (κ1) is 12.1. The second-order valence-corrected chi connectivity index (χ2v) is 6.19. The average Bonchev–Trinajstić information content (AvgIpc) is 2.84. The van der Waals surface area contributed by atoms with Gasteiger partial charge in [0.1, 0.15) is 15.4 Å². The molecule has 94 valence electrons. The van der Waals surface area contributed by atoms with E-state index in [2.05, 4.69) is 16.0 Å². The molecule has 0 spiro atoms. The molecule has 0 amide bonds. The van der Waals surface area contributed by atoms with E-state index in [-0.39, 0.29) is 5.92 Å². The Morgan fingerprint density at radius 1 is 1.44 bits per heavy atom. The molecule has 1 aliphatic carbocycles. The van der Waals surface area contributed by atoms with Gasteiger partial charge >= 0.3 is 0 Å². The first-order chi connectivity index (χ1) is 8.75. The van der Waals surface area contributed by atoms with Crippen molar-refractivity contribution in [2.24, 2.45) is 0 Å². The topological polar surface area (TPSA) is 46.0 Å². The van der Waals surface area contributed by atoms with Gasteiger partial charge in [0.05, 0.1) is 6.20 Å². The highest BCUT2D eigenvalue weighted by Crippen LogP contribution is 2.40. The zero-order chi connectivity index (χ0) is 12.5. The van der Waals surface area contributed by atoms with Crippen LogP contribution in [-0.2, 0) is 6.42 Å². The van der Waals surface area contributed by atoms with Crippen molar-refractivity contribution < 1.29 is 5.11 Å². The minimum Gasteiger partial charge on any atom is -0.385 e. The second-order valence-electron chi connectivity index (χ2n) is 4.49. The van der Waals surface area contributed by atoms with Crippen molar-refractivity contribution in [3.05, 3.63) is 45.1 Å². The summed E-state index contributed by atoms with van der Waals surface area (Å²) < 4.78 is 0.612. The van der Waals surface area contributed by atoms with Crippen molar-refractivity contribution in [1.29, 1.82) is 0 Å². The number of aryl methyl sites for hydroxylation is 1. The smallest absolute Gasteiger partial charge is 0.123 e. The molecule has 2 aromatic heterocycles. The lowest BCUT2D eigenvalue weighted by molar-refractivity contribution is 0.133. The van der Waals surface area contributed by atoms with Crippen LogP contribution >= 0.6 is 22.9 Å². The zero-order valence-corrected chi connectivity index (χ0v) is 11.3. The monoisotopic (exact) mass is 280 g/mol. The third kappa shape index (κ3) is 2.16. The van der Waals surface area contributed by atoms with Crippen molar-refractivity contribution in [1.82, 2.24) is 9.97 Å². The third-order valence-corrected chi connectivity index (χ3v) is 4.55. The van der Waals surface area contributed by atoms with Crippen LogP contribution < -0.4 is 0 Å². The van der Waals surface area contributed by atoms with Crippen molar-refractivity contribution in [3.8, 4) is 0 Å². The maximum Gasteiger partial charge on any atom is 0.123 e. The second kappa shape index (κ2) is 4.96. The number of hydrogen-bond donors (Lipinski definition) is 1. The van der Waals surface area contributed by atoms with Crippen molar-refractivity contribution in [2.45, 2.75) is 31.3 Å². The fraction of sp³-hybridized carbons (Fsp3) is 0.385. The number of fused-ring (bicyclic) bond motifs is 1. The predicted molar refractivity (Wildman–Crippen MR) is 72.0 cm³/mol. The molecule has 1 aliphatic rings. The molecule has 0 fully saturated rings. The molecule has 2 heterocycles. The lowest BCUT2D eigenvalue weighted by atomic mass is 9.83. The summed E-state index contributed by atoms with van der Waals surface area (Å²) in [5.74, 6) is 0.0390. The summed E-state index contributed by atoms with van der Waals surface area (Å²) in [6, 6.07) is 4.05. The molecule has 3 nitrogen and oxygen atoms in total. The molecular weight excluding hydrogens is 268 g/mol. The van der Waals surface area contributed by atoms with Crippen LogP contribution in [-0.4, -0.2) is 15.1 Å². The molecule has 0 aromatic carbocycles. The molecule has 3 rings (SSSR count). The fourth-order valence-electron chi connectivity index (χ4n) is 2.53. The first-order valence-corrected chi connectivity index (χ1v) is 7.18. The maximum atomic E-state index is 10.5. The number of halogens is 1. The van der Waals surface area contributed by atoms with Crippen LogP contribution in [0.15, 0.2) is 24.5 Å². The van der Waals surface area contributed by atoms with Crippen LogP contribution in [0, 0.1) is 0 Å². The molecule has 0 aliphatic heterocycles.